The monoisotopic (exact) mass is 552 g/mol. The smallest absolute Gasteiger partial charge is 0.226 e. The molecule has 0 bridgehead atoms. The highest BCUT2D eigenvalue weighted by Gasteiger charge is 2.15. The van der Waals surface area contributed by atoms with E-state index in [2.05, 4.69) is 37.8 Å². The van der Waals surface area contributed by atoms with Gasteiger partial charge >= 0.3 is 0 Å². The van der Waals surface area contributed by atoms with E-state index >= 15 is 0 Å². The first-order chi connectivity index (χ1) is 14.8. The summed E-state index contributed by atoms with van der Waals surface area (Å²) in [6.45, 7) is 6.37. The van der Waals surface area contributed by atoms with E-state index in [0.717, 1.165) is 60.6 Å². The summed E-state index contributed by atoms with van der Waals surface area (Å²) in [7, 11) is 0. The molecule has 31 heavy (non-hydrogen) atoms. The minimum absolute atomic E-state index is 0. The molecule has 0 saturated carbocycles. The third-order valence-electron chi connectivity index (χ3n) is 4.91. The average molecular weight is 552 g/mol. The van der Waals surface area contributed by atoms with Crippen LogP contribution in [0.15, 0.2) is 51.4 Å². The molecule has 166 valence electrons. The molecule has 1 saturated heterocycles. The molecule has 1 aromatic carbocycles. The number of benzene rings is 1. The molecule has 3 aromatic rings. The Morgan fingerprint density at radius 1 is 1.13 bits per heavy atom. The molecular weight excluding hydrogens is 523 g/mol. The summed E-state index contributed by atoms with van der Waals surface area (Å²) in [6, 6.07) is 9.89. The Morgan fingerprint density at radius 2 is 1.94 bits per heavy atom. The highest BCUT2D eigenvalue weighted by molar-refractivity contribution is 14.0. The van der Waals surface area contributed by atoms with Gasteiger partial charge in [0, 0.05) is 43.5 Å². The van der Waals surface area contributed by atoms with Gasteiger partial charge in [0.05, 0.1) is 12.2 Å². The van der Waals surface area contributed by atoms with Gasteiger partial charge in [-0.05, 0) is 31.9 Å². The molecule has 4 rings (SSSR count). The number of aliphatic imine (C=N–C) groups is 1. The van der Waals surface area contributed by atoms with E-state index < -0.39 is 0 Å². The van der Waals surface area contributed by atoms with Crippen LogP contribution in [0, 0.1) is 0 Å². The van der Waals surface area contributed by atoms with Crippen LogP contribution in [0.1, 0.15) is 31.2 Å². The van der Waals surface area contributed by atoms with Gasteiger partial charge in [0.15, 0.2) is 11.1 Å². The van der Waals surface area contributed by atoms with Gasteiger partial charge in [-0.15, -0.1) is 35.3 Å². The van der Waals surface area contributed by atoms with Crippen molar-refractivity contribution in [1.82, 2.24) is 20.6 Å². The zero-order chi connectivity index (χ0) is 20.6. The van der Waals surface area contributed by atoms with E-state index in [-0.39, 0.29) is 24.0 Å². The van der Waals surface area contributed by atoms with Crippen LogP contribution in [0.2, 0.25) is 0 Å². The second-order valence-corrected chi connectivity index (χ2v) is 8.03. The number of nitrogens with zero attached hydrogens (tertiary/aromatic N) is 4. The normalized spacial score (nSPS) is 13.8. The molecule has 1 aliphatic rings. The van der Waals surface area contributed by atoms with Gasteiger partial charge < -0.3 is 20.0 Å². The van der Waals surface area contributed by atoms with E-state index in [9.17, 15) is 0 Å². The summed E-state index contributed by atoms with van der Waals surface area (Å²) in [5, 5.41) is 9.99. The number of nitrogens with one attached hydrogen (secondary N) is 2. The Balaban J connectivity index is 0.00000272. The largest absolute Gasteiger partial charge is 0.444 e. The predicted octanol–water partition coefficient (Wildman–Crippen LogP) is 4.31. The highest BCUT2D eigenvalue weighted by Crippen LogP contribution is 2.24. The third kappa shape index (κ3) is 6.67. The second-order valence-electron chi connectivity index (χ2n) is 7.20. The topological polar surface area (TPSA) is 78.6 Å². The van der Waals surface area contributed by atoms with E-state index in [4.69, 9.17) is 9.40 Å². The van der Waals surface area contributed by atoms with Gasteiger partial charge in [0.1, 0.15) is 12.0 Å². The van der Waals surface area contributed by atoms with Gasteiger partial charge in [-0.1, -0.05) is 18.2 Å². The van der Waals surface area contributed by atoms with Gasteiger partial charge in [-0.25, -0.2) is 15.0 Å². The van der Waals surface area contributed by atoms with Crippen LogP contribution in [0.5, 0.6) is 0 Å². The molecule has 0 unspecified atom stereocenters. The number of halogens is 1. The highest BCUT2D eigenvalue weighted by atomic mass is 127. The quantitative estimate of drug-likeness (QED) is 0.246. The lowest BCUT2D eigenvalue weighted by molar-refractivity contribution is 0.572. The zero-order valence-corrected chi connectivity index (χ0v) is 20.9. The van der Waals surface area contributed by atoms with Crippen molar-refractivity contribution >= 4 is 46.4 Å². The molecule has 9 heteroatoms. The van der Waals surface area contributed by atoms with E-state index in [1.165, 1.54) is 12.8 Å². The minimum atomic E-state index is 0. The molecule has 0 aliphatic carbocycles. The van der Waals surface area contributed by atoms with Crippen molar-refractivity contribution in [2.24, 2.45) is 4.99 Å². The van der Waals surface area contributed by atoms with Crippen molar-refractivity contribution in [2.75, 3.05) is 31.1 Å². The maximum atomic E-state index is 5.59. The number of rotatable bonds is 8. The maximum absolute atomic E-state index is 5.59. The standard InChI is InChI=1S/C22H28N6OS.HI/c1-2-23-21(24-11-10-18-16-30-22(27-18)28-12-6-7-13-28)25-14-19-15-29-20(26-19)17-8-4-3-5-9-17;/h3-5,8-9,15-16H,2,6-7,10-14H2,1H3,(H2,23,24,25);1H. The Bertz CT molecular complexity index is 952. The average Bonchev–Trinajstić information content (AvgIpc) is 3.54. The minimum Gasteiger partial charge on any atom is -0.444 e. The lowest BCUT2D eigenvalue weighted by Gasteiger charge is -2.12. The van der Waals surface area contributed by atoms with Crippen LogP contribution in [0.25, 0.3) is 11.5 Å². The molecule has 0 atom stereocenters. The lowest BCUT2D eigenvalue weighted by Crippen LogP contribution is -2.38. The number of thiazole rings is 1. The van der Waals surface area contributed by atoms with Crippen LogP contribution >= 0.6 is 35.3 Å². The van der Waals surface area contributed by atoms with Crippen molar-refractivity contribution in [3.05, 3.63) is 53.4 Å². The van der Waals surface area contributed by atoms with Gasteiger partial charge in [-0.3, -0.25) is 0 Å². The Hall–Kier alpha value is -2.14. The van der Waals surface area contributed by atoms with E-state index in [1.54, 1.807) is 17.6 Å². The Morgan fingerprint density at radius 3 is 2.71 bits per heavy atom. The SMILES string of the molecule is CCNC(=NCc1coc(-c2ccccc2)n1)NCCc1csc(N2CCCC2)n1.I. The zero-order valence-electron chi connectivity index (χ0n) is 17.7. The van der Waals surface area contributed by atoms with E-state index in [1.807, 2.05) is 30.3 Å². The maximum Gasteiger partial charge on any atom is 0.226 e. The fourth-order valence-electron chi connectivity index (χ4n) is 3.37. The molecule has 2 aromatic heterocycles. The molecule has 0 amide bonds. The van der Waals surface area contributed by atoms with Gasteiger partial charge in [0.2, 0.25) is 5.89 Å². The summed E-state index contributed by atoms with van der Waals surface area (Å²) in [6.07, 6.45) is 5.09. The van der Waals surface area contributed by atoms with Crippen molar-refractivity contribution in [1.29, 1.82) is 0 Å². The van der Waals surface area contributed by atoms with Crippen LogP contribution in [0.4, 0.5) is 5.13 Å². The first kappa shape index (κ1) is 23.5. The first-order valence-electron chi connectivity index (χ1n) is 10.5. The molecule has 1 aliphatic heterocycles. The molecule has 1 fully saturated rings. The number of hydrogen-bond donors (Lipinski definition) is 2. The first-order valence-corrected chi connectivity index (χ1v) is 11.4. The number of anilines is 1. The summed E-state index contributed by atoms with van der Waals surface area (Å²) < 4.78 is 5.59. The number of hydrogen-bond acceptors (Lipinski definition) is 6. The van der Waals surface area contributed by atoms with Crippen LogP contribution < -0.4 is 15.5 Å². The van der Waals surface area contributed by atoms with Gasteiger partial charge in [0.25, 0.3) is 0 Å². The van der Waals surface area contributed by atoms with Crippen molar-refractivity contribution in [3.8, 4) is 11.5 Å². The number of guanidine groups is 1. The fourth-order valence-corrected chi connectivity index (χ4v) is 4.28. The van der Waals surface area contributed by atoms with Crippen molar-refractivity contribution < 1.29 is 4.42 Å². The molecule has 3 heterocycles. The molecule has 0 radical (unpaired) electrons. The van der Waals surface area contributed by atoms with Crippen molar-refractivity contribution in [2.45, 2.75) is 32.7 Å². The van der Waals surface area contributed by atoms with Crippen LogP contribution in [0.3, 0.4) is 0 Å². The summed E-state index contributed by atoms with van der Waals surface area (Å²) in [5.74, 6) is 1.40. The van der Waals surface area contributed by atoms with Crippen LogP contribution in [-0.4, -0.2) is 42.1 Å². The van der Waals surface area contributed by atoms with Crippen molar-refractivity contribution in [3.63, 3.8) is 0 Å². The Kier molecular flexibility index (Phi) is 9.13. The summed E-state index contributed by atoms with van der Waals surface area (Å²) >= 11 is 1.75. The number of aromatic nitrogens is 2. The number of oxazole rings is 1. The fraction of sp³-hybridized carbons (Fsp3) is 0.409. The Labute approximate surface area is 204 Å². The second kappa shape index (κ2) is 12.0. The van der Waals surface area contributed by atoms with E-state index in [0.29, 0.717) is 12.4 Å². The van der Waals surface area contributed by atoms with Gasteiger partial charge in [-0.2, -0.15) is 0 Å². The molecular formula is C22H29IN6OS. The van der Waals surface area contributed by atoms with Crippen LogP contribution in [-0.2, 0) is 13.0 Å². The molecule has 7 nitrogen and oxygen atoms in total. The predicted molar refractivity (Wildman–Crippen MR) is 137 cm³/mol. The molecule has 2 N–H and O–H groups in total. The summed E-state index contributed by atoms with van der Waals surface area (Å²) in [4.78, 5) is 16.3. The molecule has 0 spiro atoms. The summed E-state index contributed by atoms with van der Waals surface area (Å²) in [5.41, 5.74) is 2.91. The third-order valence-corrected chi connectivity index (χ3v) is 5.86. The lowest BCUT2D eigenvalue weighted by atomic mass is 10.2.